The van der Waals surface area contributed by atoms with Crippen LogP contribution < -0.4 is 0 Å². The zero-order valence-corrected chi connectivity index (χ0v) is 24.4. The Kier molecular flexibility index (Phi) is 15.7. The highest BCUT2D eigenvalue weighted by molar-refractivity contribution is 8.00. The molecule has 0 aromatic carbocycles. The molecule has 0 aliphatic carbocycles. The summed E-state index contributed by atoms with van der Waals surface area (Å²) < 4.78 is 21.7. The van der Waals surface area contributed by atoms with E-state index in [0.717, 1.165) is 17.1 Å². The average Bonchev–Trinajstić information content (AvgIpc) is 2.88. The van der Waals surface area contributed by atoms with E-state index in [-0.39, 0.29) is 76.0 Å². The molecule has 0 saturated carbocycles. The van der Waals surface area contributed by atoms with Crippen molar-refractivity contribution in [3.63, 3.8) is 0 Å². The van der Waals surface area contributed by atoms with Gasteiger partial charge in [0.25, 0.3) is 0 Å². The van der Waals surface area contributed by atoms with Crippen molar-refractivity contribution < 1.29 is 38.1 Å². The molecule has 2 fully saturated rings. The summed E-state index contributed by atoms with van der Waals surface area (Å²) in [5.41, 5.74) is 0.927. The number of hydrogen-bond acceptors (Lipinski definition) is 12. The normalized spacial score (nSPS) is 23.5. The van der Waals surface area contributed by atoms with Gasteiger partial charge in [-0.1, -0.05) is 18.7 Å². The molecule has 2 aliphatic heterocycles. The van der Waals surface area contributed by atoms with E-state index in [1.165, 1.54) is 23.5 Å². The smallest absolute Gasteiger partial charge is 0.306 e. The molecule has 0 bridgehead atoms. The molecule has 0 aromatic rings. The van der Waals surface area contributed by atoms with Crippen LogP contribution in [0, 0.1) is 5.41 Å². The van der Waals surface area contributed by atoms with Gasteiger partial charge in [-0.25, -0.2) is 0 Å². The fraction of sp³-hybridized carbons (Fsp3) is 0.680. The first-order valence-electron chi connectivity index (χ1n) is 12.0. The number of ether oxygens (including phenoxy) is 4. The van der Waals surface area contributed by atoms with E-state index in [1.54, 1.807) is 23.5 Å². The van der Waals surface area contributed by atoms with Gasteiger partial charge >= 0.3 is 23.9 Å². The van der Waals surface area contributed by atoms with Crippen LogP contribution in [-0.2, 0) is 38.1 Å². The molecular weight excluding hydrogens is 557 g/mol. The number of rotatable bonds is 0. The van der Waals surface area contributed by atoms with Gasteiger partial charge in [-0.05, 0) is 5.57 Å². The summed E-state index contributed by atoms with van der Waals surface area (Å²) in [5, 5.41) is 0. The molecule has 2 aliphatic rings. The van der Waals surface area contributed by atoms with Crippen molar-refractivity contribution in [3.8, 4) is 0 Å². The minimum atomic E-state index is -0.661. The summed E-state index contributed by atoms with van der Waals surface area (Å²) in [6.07, 6.45) is 0.953. The topological polar surface area (TPSA) is 105 Å². The van der Waals surface area contributed by atoms with Crippen molar-refractivity contribution in [2.75, 3.05) is 72.5 Å². The van der Waals surface area contributed by atoms with Crippen LogP contribution >= 0.6 is 47.0 Å². The van der Waals surface area contributed by atoms with Crippen LogP contribution in [0.5, 0.6) is 0 Å². The van der Waals surface area contributed by atoms with E-state index in [0.29, 0.717) is 40.1 Å². The highest BCUT2D eigenvalue weighted by atomic mass is 32.2. The monoisotopic (exact) mass is 592 g/mol. The fourth-order valence-electron chi connectivity index (χ4n) is 3.09. The van der Waals surface area contributed by atoms with Gasteiger partial charge in [-0.2, -0.15) is 47.0 Å². The minimum absolute atomic E-state index is 0.00601. The van der Waals surface area contributed by atoms with Gasteiger partial charge in [-0.15, -0.1) is 0 Å². The molecule has 2 heterocycles. The van der Waals surface area contributed by atoms with Gasteiger partial charge in [0.2, 0.25) is 0 Å². The molecule has 2 rings (SSSR count). The third-order valence-electron chi connectivity index (χ3n) is 5.18. The maximum absolute atomic E-state index is 12.5. The Morgan fingerprint density at radius 3 is 1.35 bits per heavy atom. The lowest BCUT2D eigenvalue weighted by atomic mass is 9.95. The molecule has 12 heteroatoms. The third kappa shape index (κ3) is 14.5. The minimum Gasteiger partial charge on any atom is -0.465 e. The lowest BCUT2D eigenvalue weighted by Gasteiger charge is -2.32. The maximum atomic E-state index is 12.5. The summed E-state index contributed by atoms with van der Waals surface area (Å²) >= 11 is 6.34. The first kappa shape index (κ1) is 32.0. The van der Waals surface area contributed by atoms with Crippen LogP contribution in [0.2, 0.25) is 0 Å². The number of hydrogen-bond donors (Lipinski definition) is 0. The van der Waals surface area contributed by atoms with Crippen LogP contribution in [0.4, 0.5) is 0 Å². The number of carbonyl (C=O) groups excluding carboxylic acids is 4. The van der Waals surface area contributed by atoms with Crippen LogP contribution in [0.15, 0.2) is 24.3 Å². The van der Waals surface area contributed by atoms with Crippen LogP contribution in [-0.4, -0.2) is 96.3 Å². The van der Waals surface area contributed by atoms with Gasteiger partial charge in [0.05, 0.1) is 31.1 Å². The summed E-state index contributed by atoms with van der Waals surface area (Å²) in [5.74, 6) is 3.49. The van der Waals surface area contributed by atoms with Crippen LogP contribution in [0.1, 0.15) is 25.7 Å². The molecule has 208 valence electrons. The Labute approximate surface area is 236 Å². The lowest BCUT2D eigenvalue weighted by molar-refractivity contribution is -0.151. The Hall–Kier alpha value is -1.24. The molecule has 0 unspecified atom stereocenters. The van der Waals surface area contributed by atoms with E-state index in [9.17, 15) is 19.2 Å². The second kappa shape index (κ2) is 18.1. The summed E-state index contributed by atoms with van der Waals surface area (Å²) in [6.45, 7) is 8.00. The van der Waals surface area contributed by atoms with Gasteiger partial charge in [0.15, 0.2) is 0 Å². The molecule has 0 atom stereocenters. The van der Waals surface area contributed by atoms with Gasteiger partial charge < -0.3 is 18.9 Å². The fourth-order valence-corrected chi connectivity index (χ4v) is 7.35. The predicted molar refractivity (Wildman–Crippen MR) is 152 cm³/mol. The van der Waals surface area contributed by atoms with Gasteiger partial charge in [-0.3, -0.25) is 19.2 Å². The first-order chi connectivity index (χ1) is 17.8. The van der Waals surface area contributed by atoms with Crippen molar-refractivity contribution in [3.05, 3.63) is 24.3 Å². The van der Waals surface area contributed by atoms with Crippen molar-refractivity contribution in [2.24, 2.45) is 5.41 Å². The maximum Gasteiger partial charge on any atom is 0.306 e. The molecule has 2 saturated heterocycles. The van der Waals surface area contributed by atoms with Gasteiger partial charge in [0.1, 0.15) is 26.4 Å². The van der Waals surface area contributed by atoms with Crippen molar-refractivity contribution in [2.45, 2.75) is 25.7 Å². The van der Waals surface area contributed by atoms with E-state index in [4.69, 9.17) is 18.9 Å². The van der Waals surface area contributed by atoms with Crippen LogP contribution in [0.25, 0.3) is 0 Å². The van der Waals surface area contributed by atoms with E-state index < -0.39 is 5.41 Å². The molecular formula is C25H36O8S4. The number of carbonyl (C=O) groups is 4. The van der Waals surface area contributed by atoms with Gasteiger partial charge in [0, 0.05) is 46.0 Å². The second-order valence-electron chi connectivity index (χ2n) is 8.85. The van der Waals surface area contributed by atoms with Crippen molar-refractivity contribution >= 4 is 70.9 Å². The number of thioether (sulfide) groups is 4. The highest BCUT2D eigenvalue weighted by Crippen LogP contribution is 2.31. The Balaban J connectivity index is 2.11. The third-order valence-corrected chi connectivity index (χ3v) is 10.0. The Bertz CT molecular complexity index is 755. The predicted octanol–water partition coefficient (Wildman–Crippen LogP) is 3.78. The largest absolute Gasteiger partial charge is 0.465 e. The molecule has 8 nitrogen and oxygen atoms in total. The lowest BCUT2D eigenvalue weighted by Crippen LogP contribution is -2.39. The summed E-state index contributed by atoms with van der Waals surface area (Å²) in [6, 6.07) is 0. The Morgan fingerprint density at radius 2 is 0.919 bits per heavy atom. The number of esters is 4. The molecule has 0 radical (unpaired) electrons. The Morgan fingerprint density at radius 1 is 0.541 bits per heavy atom. The second-order valence-corrected chi connectivity index (χ2v) is 13.3. The molecule has 0 aromatic heterocycles. The standard InChI is InChI=1S/C25H36O8S4/c1-19-11-30-21(26)5-9-36-17-25(18-37-10-6-22(27)31-12-19)15-32-23(28)3-7-34-13-20(2)14-35-8-4-24(29)33-16-25/h1-18H2. The number of cyclic esters (lactones) is 4. The van der Waals surface area contributed by atoms with Crippen LogP contribution in [0.3, 0.4) is 0 Å². The van der Waals surface area contributed by atoms with E-state index in [2.05, 4.69) is 13.2 Å². The zero-order chi connectivity index (χ0) is 26.9. The molecule has 0 amide bonds. The van der Waals surface area contributed by atoms with Crippen molar-refractivity contribution in [1.29, 1.82) is 0 Å². The first-order valence-corrected chi connectivity index (χ1v) is 16.7. The SMILES string of the molecule is C=C1COC(=O)CCSCC2(COC(=O)CCSCC(=C)CSCCC(=O)OC2)CSCCC(=O)OC1. The zero-order valence-electron chi connectivity index (χ0n) is 21.1. The molecule has 0 N–H and O–H groups in total. The quantitative estimate of drug-likeness (QED) is 0.232. The molecule has 37 heavy (non-hydrogen) atoms. The van der Waals surface area contributed by atoms with E-state index in [1.807, 2.05) is 0 Å². The molecule has 1 spiro atoms. The highest BCUT2D eigenvalue weighted by Gasteiger charge is 2.34. The van der Waals surface area contributed by atoms with Crippen molar-refractivity contribution in [1.82, 2.24) is 0 Å². The average molecular weight is 593 g/mol. The summed E-state index contributed by atoms with van der Waals surface area (Å²) in [4.78, 5) is 49.1. The summed E-state index contributed by atoms with van der Waals surface area (Å²) in [7, 11) is 0. The van der Waals surface area contributed by atoms with E-state index >= 15 is 0 Å².